The number of aryl methyl sites for hydroxylation is 1. The minimum atomic E-state index is -2.91. The third kappa shape index (κ3) is 5.34. The summed E-state index contributed by atoms with van der Waals surface area (Å²) in [6.07, 6.45) is 3.49. The SMILES string of the molecule is Cn1ccnc1C(NC(=O)CSc1nnc(-c2ccc(OC(F)F)cc2)n1N)c1ccccc1. The lowest BCUT2D eigenvalue weighted by molar-refractivity contribution is -0.119. The van der Waals surface area contributed by atoms with E-state index in [1.807, 2.05) is 48.1 Å². The van der Waals surface area contributed by atoms with Crippen LogP contribution in [-0.4, -0.2) is 42.7 Å². The molecular formula is C22H21F2N7O2S. The van der Waals surface area contributed by atoms with E-state index in [1.165, 1.54) is 16.8 Å². The maximum Gasteiger partial charge on any atom is 0.387 e. The number of halogens is 2. The molecule has 0 aliphatic heterocycles. The number of hydrogen-bond donors (Lipinski definition) is 2. The molecule has 9 nitrogen and oxygen atoms in total. The zero-order chi connectivity index (χ0) is 24.1. The van der Waals surface area contributed by atoms with E-state index in [0.717, 1.165) is 17.3 Å². The molecule has 4 aromatic rings. The second kappa shape index (κ2) is 10.3. The number of nitrogen functional groups attached to an aromatic ring is 1. The van der Waals surface area contributed by atoms with Gasteiger partial charge in [0.2, 0.25) is 11.1 Å². The summed E-state index contributed by atoms with van der Waals surface area (Å²) in [4.78, 5) is 17.2. The molecule has 0 saturated carbocycles. The normalized spacial score (nSPS) is 12.0. The van der Waals surface area contributed by atoms with Gasteiger partial charge in [-0.1, -0.05) is 42.1 Å². The number of nitrogens with two attached hydrogens (primary N) is 1. The number of aromatic nitrogens is 5. The monoisotopic (exact) mass is 485 g/mol. The number of imidazole rings is 1. The predicted molar refractivity (Wildman–Crippen MR) is 123 cm³/mol. The summed E-state index contributed by atoms with van der Waals surface area (Å²) in [7, 11) is 1.86. The molecule has 0 fully saturated rings. The average Bonchev–Trinajstić information content (AvgIpc) is 3.42. The fourth-order valence-corrected chi connectivity index (χ4v) is 3.96. The number of amides is 1. The van der Waals surface area contributed by atoms with Crippen LogP contribution >= 0.6 is 11.8 Å². The quantitative estimate of drug-likeness (QED) is 0.277. The number of carbonyl (C=O) groups is 1. The first-order chi connectivity index (χ1) is 16.4. The van der Waals surface area contributed by atoms with Gasteiger partial charge in [0.1, 0.15) is 17.6 Å². The van der Waals surface area contributed by atoms with E-state index < -0.39 is 12.7 Å². The molecule has 4 rings (SSSR count). The van der Waals surface area contributed by atoms with Crippen LogP contribution in [0.2, 0.25) is 0 Å². The number of carbonyl (C=O) groups excluding carboxylic acids is 1. The van der Waals surface area contributed by atoms with Crippen LogP contribution in [0.15, 0.2) is 72.1 Å². The Labute approximate surface area is 197 Å². The summed E-state index contributed by atoms with van der Waals surface area (Å²) in [5.41, 5.74) is 1.46. The second-order valence-electron chi connectivity index (χ2n) is 7.18. The Hall–Kier alpha value is -3.93. The molecule has 1 atom stereocenters. The second-order valence-corrected chi connectivity index (χ2v) is 8.12. The van der Waals surface area contributed by atoms with Crippen molar-refractivity contribution in [1.29, 1.82) is 0 Å². The number of thioether (sulfide) groups is 1. The van der Waals surface area contributed by atoms with Crippen molar-refractivity contribution < 1.29 is 18.3 Å². The third-order valence-electron chi connectivity index (χ3n) is 4.89. The van der Waals surface area contributed by atoms with Crippen LogP contribution in [0.4, 0.5) is 8.78 Å². The van der Waals surface area contributed by atoms with E-state index in [1.54, 1.807) is 18.3 Å². The highest BCUT2D eigenvalue weighted by Crippen LogP contribution is 2.25. The van der Waals surface area contributed by atoms with Gasteiger partial charge in [-0.15, -0.1) is 10.2 Å². The van der Waals surface area contributed by atoms with Gasteiger partial charge < -0.3 is 20.5 Å². The molecule has 2 aromatic heterocycles. The van der Waals surface area contributed by atoms with E-state index in [9.17, 15) is 13.6 Å². The Morgan fingerprint density at radius 3 is 2.53 bits per heavy atom. The van der Waals surface area contributed by atoms with E-state index in [2.05, 4.69) is 25.2 Å². The fraction of sp³-hybridized carbons (Fsp3) is 0.182. The van der Waals surface area contributed by atoms with Gasteiger partial charge in [0, 0.05) is 25.0 Å². The summed E-state index contributed by atoms with van der Waals surface area (Å²) in [5, 5.41) is 11.4. The fourth-order valence-electron chi connectivity index (χ4n) is 3.29. The average molecular weight is 486 g/mol. The zero-order valence-electron chi connectivity index (χ0n) is 18.0. The molecule has 0 spiro atoms. The maximum atomic E-state index is 12.8. The molecular weight excluding hydrogens is 464 g/mol. The van der Waals surface area contributed by atoms with Crippen LogP contribution in [0.3, 0.4) is 0 Å². The lowest BCUT2D eigenvalue weighted by atomic mass is 10.1. The molecule has 0 radical (unpaired) electrons. The van der Waals surface area contributed by atoms with Crippen molar-refractivity contribution in [2.75, 3.05) is 11.6 Å². The molecule has 0 bridgehead atoms. The van der Waals surface area contributed by atoms with Gasteiger partial charge >= 0.3 is 6.61 Å². The number of alkyl halides is 2. The highest BCUT2D eigenvalue weighted by Gasteiger charge is 2.21. The number of hydrogen-bond acceptors (Lipinski definition) is 7. The van der Waals surface area contributed by atoms with E-state index in [-0.39, 0.29) is 17.4 Å². The highest BCUT2D eigenvalue weighted by molar-refractivity contribution is 7.99. The molecule has 0 aliphatic carbocycles. The first-order valence-electron chi connectivity index (χ1n) is 10.1. The topological polar surface area (TPSA) is 113 Å². The van der Waals surface area contributed by atoms with E-state index in [4.69, 9.17) is 5.84 Å². The Bertz CT molecular complexity index is 1250. The van der Waals surface area contributed by atoms with Gasteiger partial charge in [-0.05, 0) is 29.8 Å². The predicted octanol–water partition coefficient (Wildman–Crippen LogP) is 2.99. The molecule has 12 heteroatoms. The van der Waals surface area contributed by atoms with Crippen molar-refractivity contribution in [2.45, 2.75) is 17.8 Å². The van der Waals surface area contributed by atoms with Gasteiger partial charge in [0.25, 0.3) is 0 Å². The van der Waals surface area contributed by atoms with Crippen LogP contribution < -0.4 is 15.9 Å². The van der Waals surface area contributed by atoms with Crippen LogP contribution in [-0.2, 0) is 11.8 Å². The molecule has 2 heterocycles. The molecule has 34 heavy (non-hydrogen) atoms. The summed E-state index contributed by atoms with van der Waals surface area (Å²) >= 11 is 1.12. The van der Waals surface area contributed by atoms with Crippen molar-refractivity contribution >= 4 is 17.7 Å². The van der Waals surface area contributed by atoms with Gasteiger partial charge in [-0.2, -0.15) is 8.78 Å². The van der Waals surface area contributed by atoms with Gasteiger partial charge in [0.05, 0.1) is 5.75 Å². The van der Waals surface area contributed by atoms with Crippen molar-refractivity contribution in [3.8, 4) is 17.1 Å². The number of rotatable bonds is 9. The lowest BCUT2D eigenvalue weighted by Crippen LogP contribution is -2.32. The minimum absolute atomic E-state index is 0.0220. The first-order valence-corrected chi connectivity index (χ1v) is 11.1. The Balaban J connectivity index is 1.43. The van der Waals surface area contributed by atoms with Crippen LogP contribution in [0.5, 0.6) is 5.75 Å². The van der Waals surface area contributed by atoms with E-state index >= 15 is 0 Å². The number of ether oxygens (including phenoxy) is 1. The standard InChI is InChI=1S/C22H21F2N7O2S/c1-30-12-11-26-20(30)18(14-5-3-2-4-6-14)27-17(32)13-34-22-29-28-19(31(22)25)15-7-9-16(10-8-15)33-21(23)24/h2-12,18,21H,13,25H2,1H3,(H,27,32). The molecule has 0 saturated heterocycles. The molecule has 0 aliphatic rings. The summed E-state index contributed by atoms with van der Waals surface area (Å²) in [5.74, 6) is 6.96. The van der Waals surface area contributed by atoms with Crippen LogP contribution in [0.1, 0.15) is 17.4 Å². The number of benzene rings is 2. The van der Waals surface area contributed by atoms with Crippen LogP contribution in [0.25, 0.3) is 11.4 Å². The van der Waals surface area contributed by atoms with Crippen LogP contribution in [0, 0.1) is 0 Å². The van der Waals surface area contributed by atoms with Crippen molar-refractivity contribution in [3.63, 3.8) is 0 Å². The number of nitrogens with zero attached hydrogens (tertiary/aromatic N) is 5. The number of nitrogens with one attached hydrogen (secondary N) is 1. The minimum Gasteiger partial charge on any atom is -0.435 e. The summed E-state index contributed by atoms with van der Waals surface area (Å²) in [6, 6.07) is 15.0. The molecule has 1 unspecified atom stereocenters. The van der Waals surface area contributed by atoms with Crippen molar-refractivity contribution in [2.24, 2.45) is 7.05 Å². The Morgan fingerprint density at radius 2 is 1.88 bits per heavy atom. The molecule has 3 N–H and O–H groups in total. The molecule has 1 amide bonds. The Kier molecular flexibility index (Phi) is 7.07. The highest BCUT2D eigenvalue weighted by atomic mass is 32.2. The van der Waals surface area contributed by atoms with Crippen molar-refractivity contribution in [3.05, 3.63) is 78.4 Å². The molecule has 2 aromatic carbocycles. The summed E-state index contributed by atoms with van der Waals surface area (Å²) in [6.45, 7) is -2.91. The lowest BCUT2D eigenvalue weighted by Gasteiger charge is -2.19. The van der Waals surface area contributed by atoms with E-state index in [0.29, 0.717) is 22.4 Å². The largest absolute Gasteiger partial charge is 0.435 e. The first kappa shape index (κ1) is 23.2. The van der Waals surface area contributed by atoms with Gasteiger partial charge in [-0.3, -0.25) is 4.79 Å². The summed E-state index contributed by atoms with van der Waals surface area (Å²) < 4.78 is 32.1. The smallest absolute Gasteiger partial charge is 0.387 e. The maximum absolute atomic E-state index is 12.8. The molecule has 176 valence electrons. The third-order valence-corrected chi connectivity index (χ3v) is 5.83. The Morgan fingerprint density at radius 1 is 1.15 bits per heavy atom. The zero-order valence-corrected chi connectivity index (χ0v) is 18.8. The van der Waals surface area contributed by atoms with Gasteiger partial charge in [-0.25, -0.2) is 9.66 Å². The van der Waals surface area contributed by atoms with Gasteiger partial charge in [0.15, 0.2) is 5.82 Å². The van der Waals surface area contributed by atoms with Crippen molar-refractivity contribution in [1.82, 2.24) is 29.7 Å².